The van der Waals surface area contributed by atoms with Gasteiger partial charge in [-0.3, -0.25) is 4.79 Å². The van der Waals surface area contributed by atoms with Gasteiger partial charge < -0.3 is 9.73 Å². The number of oxazole rings is 1. The Bertz CT molecular complexity index is 518. The Labute approximate surface area is 106 Å². The zero-order valence-electron chi connectivity index (χ0n) is 10.5. The van der Waals surface area contributed by atoms with Crippen LogP contribution >= 0.6 is 0 Å². The van der Waals surface area contributed by atoms with Gasteiger partial charge in [-0.25, -0.2) is 4.98 Å². The molecule has 0 aliphatic heterocycles. The Morgan fingerprint density at radius 3 is 2.67 bits per heavy atom. The van der Waals surface area contributed by atoms with Gasteiger partial charge in [0.15, 0.2) is 11.6 Å². The second kappa shape index (κ2) is 5.49. The molecule has 0 saturated carbocycles. The van der Waals surface area contributed by atoms with Gasteiger partial charge in [-0.05, 0) is 5.56 Å². The van der Waals surface area contributed by atoms with Crippen LogP contribution in [0.4, 0.5) is 0 Å². The number of nitrogens with zero attached hydrogens (tertiary/aromatic N) is 1. The normalized spacial score (nSPS) is 10.6. The summed E-state index contributed by atoms with van der Waals surface area (Å²) in [5.41, 5.74) is 1.38. The average molecular weight is 244 g/mol. The highest BCUT2D eigenvalue weighted by molar-refractivity contribution is 5.91. The first-order chi connectivity index (χ1) is 8.66. The van der Waals surface area contributed by atoms with E-state index in [1.54, 1.807) is 0 Å². The van der Waals surface area contributed by atoms with Gasteiger partial charge in [0.25, 0.3) is 5.91 Å². The maximum Gasteiger partial charge on any atom is 0.273 e. The van der Waals surface area contributed by atoms with Gasteiger partial charge in [-0.2, -0.15) is 0 Å². The van der Waals surface area contributed by atoms with E-state index >= 15 is 0 Å². The summed E-state index contributed by atoms with van der Waals surface area (Å²) in [5.74, 6) is 0.551. The molecule has 0 saturated heterocycles. The summed E-state index contributed by atoms with van der Waals surface area (Å²) in [7, 11) is 0. The van der Waals surface area contributed by atoms with E-state index in [1.165, 1.54) is 6.26 Å². The van der Waals surface area contributed by atoms with Gasteiger partial charge in [0.2, 0.25) is 0 Å². The van der Waals surface area contributed by atoms with Crippen molar-refractivity contribution in [1.82, 2.24) is 10.3 Å². The van der Waals surface area contributed by atoms with E-state index in [2.05, 4.69) is 10.3 Å². The van der Waals surface area contributed by atoms with E-state index in [-0.39, 0.29) is 11.8 Å². The fourth-order valence-corrected chi connectivity index (χ4v) is 1.53. The smallest absolute Gasteiger partial charge is 0.273 e. The third-order valence-electron chi connectivity index (χ3n) is 2.54. The minimum absolute atomic E-state index is 0.181. The first-order valence-corrected chi connectivity index (χ1v) is 5.94. The lowest BCUT2D eigenvalue weighted by atomic mass is 10.2. The van der Waals surface area contributed by atoms with Crippen LogP contribution < -0.4 is 5.32 Å². The van der Waals surface area contributed by atoms with Crippen molar-refractivity contribution < 1.29 is 9.21 Å². The molecule has 0 unspecified atom stereocenters. The minimum atomic E-state index is -0.213. The van der Waals surface area contributed by atoms with Crippen LogP contribution in [0, 0.1) is 0 Å². The number of nitrogens with one attached hydrogen (secondary N) is 1. The molecule has 1 heterocycles. The molecule has 4 nitrogen and oxygen atoms in total. The van der Waals surface area contributed by atoms with Crippen molar-refractivity contribution in [3.05, 3.63) is 53.7 Å². The van der Waals surface area contributed by atoms with Crippen molar-refractivity contribution >= 4 is 5.91 Å². The molecule has 1 amide bonds. The number of carbonyl (C=O) groups is 1. The molecule has 0 aliphatic carbocycles. The predicted octanol–water partition coefficient (Wildman–Crippen LogP) is 2.73. The van der Waals surface area contributed by atoms with E-state index < -0.39 is 0 Å². The lowest BCUT2D eigenvalue weighted by Gasteiger charge is -2.02. The zero-order valence-corrected chi connectivity index (χ0v) is 10.5. The molecular formula is C14H16N2O2. The van der Waals surface area contributed by atoms with Crippen LogP contribution in [0.3, 0.4) is 0 Å². The number of hydrogen-bond donors (Lipinski definition) is 1. The van der Waals surface area contributed by atoms with Crippen LogP contribution in [-0.4, -0.2) is 10.9 Å². The van der Waals surface area contributed by atoms with Crippen molar-refractivity contribution in [2.75, 3.05) is 0 Å². The molecule has 1 aromatic carbocycles. The Morgan fingerprint density at radius 1 is 1.33 bits per heavy atom. The van der Waals surface area contributed by atoms with Crippen LogP contribution in [0.15, 0.2) is 41.0 Å². The zero-order chi connectivity index (χ0) is 13.0. The molecule has 4 heteroatoms. The van der Waals surface area contributed by atoms with Crippen molar-refractivity contribution in [2.45, 2.75) is 26.3 Å². The van der Waals surface area contributed by atoms with E-state index in [4.69, 9.17) is 4.42 Å². The molecule has 2 aromatic rings. The third kappa shape index (κ3) is 2.97. The highest BCUT2D eigenvalue weighted by Gasteiger charge is 2.13. The molecule has 0 spiro atoms. The first kappa shape index (κ1) is 12.4. The molecule has 1 N–H and O–H groups in total. The summed E-state index contributed by atoms with van der Waals surface area (Å²) in [6, 6.07) is 9.74. The summed E-state index contributed by atoms with van der Waals surface area (Å²) in [5, 5.41) is 2.81. The van der Waals surface area contributed by atoms with E-state index in [0.29, 0.717) is 18.1 Å². The number of aromatic nitrogens is 1. The summed E-state index contributed by atoms with van der Waals surface area (Å²) in [6.45, 7) is 4.43. The van der Waals surface area contributed by atoms with Crippen LogP contribution in [0.25, 0.3) is 0 Å². The van der Waals surface area contributed by atoms with Gasteiger partial charge in [-0.1, -0.05) is 44.2 Å². The lowest BCUT2D eigenvalue weighted by molar-refractivity contribution is 0.0946. The van der Waals surface area contributed by atoms with Gasteiger partial charge >= 0.3 is 0 Å². The van der Waals surface area contributed by atoms with Gasteiger partial charge in [-0.15, -0.1) is 0 Å². The molecular weight excluding hydrogens is 228 g/mol. The predicted molar refractivity (Wildman–Crippen MR) is 68.2 cm³/mol. The molecule has 0 fully saturated rings. The highest BCUT2D eigenvalue weighted by Crippen LogP contribution is 2.13. The SMILES string of the molecule is CC(C)c1nc(C(=O)NCc2ccccc2)co1. The molecule has 94 valence electrons. The van der Waals surface area contributed by atoms with Gasteiger partial charge in [0, 0.05) is 12.5 Å². The van der Waals surface area contributed by atoms with Crippen LogP contribution in [0.5, 0.6) is 0 Å². The fraction of sp³-hybridized carbons (Fsp3) is 0.286. The second-order valence-corrected chi connectivity index (χ2v) is 4.39. The summed E-state index contributed by atoms with van der Waals surface area (Å²) in [6.07, 6.45) is 1.40. The van der Waals surface area contributed by atoms with Crippen molar-refractivity contribution in [3.63, 3.8) is 0 Å². The molecule has 0 bridgehead atoms. The van der Waals surface area contributed by atoms with Crippen molar-refractivity contribution in [2.24, 2.45) is 0 Å². The Kier molecular flexibility index (Phi) is 3.77. The Morgan fingerprint density at radius 2 is 2.06 bits per heavy atom. The Balaban J connectivity index is 1.95. The Hall–Kier alpha value is -2.10. The highest BCUT2D eigenvalue weighted by atomic mass is 16.3. The summed E-state index contributed by atoms with van der Waals surface area (Å²) in [4.78, 5) is 16.0. The maximum atomic E-state index is 11.8. The van der Waals surface area contributed by atoms with Gasteiger partial charge in [0.05, 0.1) is 0 Å². The van der Waals surface area contributed by atoms with Crippen LogP contribution in [0.2, 0.25) is 0 Å². The minimum Gasteiger partial charge on any atom is -0.448 e. The fourth-order valence-electron chi connectivity index (χ4n) is 1.53. The third-order valence-corrected chi connectivity index (χ3v) is 2.54. The molecule has 1 aromatic heterocycles. The molecule has 18 heavy (non-hydrogen) atoms. The average Bonchev–Trinajstić information content (AvgIpc) is 2.87. The number of carbonyl (C=O) groups excluding carboxylic acids is 1. The van der Waals surface area contributed by atoms with Crippen LogP contribution in [-0.2, 0) is 6.54 Å². The molecule has 2 rings (SSSR count). The van der Waals surface area contributed by atoms with E-state index in [1.807, 2.05) is 44.2 Å². The quantitative estimate of drug-likeness (QED) is 0.899. The van der Waals surface area contributed by atoms with Crippen molar-refractivity contribution in [3.8, 4) is 0 Å². The summed E-state index contributed by atoms with van der Waals surface area (Å²) >= 11 is 0. The van der Waals surface area contributed by atoms with E-state index in [0.717, 1.165) is 5.56 Å². The topological polar surface area (TPSA) is 55.1 Å². The number of benzene rings is 1. The van der Waals surface area contributed by atoms with Crippen molar-refractivity contribution in [1.29, 1.82) is 0 Å². The monoisotopic (exact) mass is 244 g/mol. The number of rotatable bonds is 4. The second-order valence-electron chi connectivity index (χ2n) is 4.39. The maximum absolute atomic E-state index is 11.8. The largest absolute Gasteiger partial charge is 0.448 e. The molecule has 0 atom stereocenters. The standard InChI is InChI=1S/C14H16N2O2/c1-10(2)14-16-12(9-18-14)13(17)15-8-11-6-4-3-5-7-11/h3-7,9-10H,8H2,1-2H3,(H,15,17). The number of amides is 1. The number of hydrogen-bond acceptors (Lipinski definition) is 3. The summed E-state index contributed by atoms with van der Waals surface area (Å²) < 4.78 is 5.23. The van der Waals surface area contributed by atoms with Crippen LogP contribution in [0.1, 0.15) is 41.7 Å². The van der Waals surface area contributed by atoms with E-state index in [9.17, 15) is 4.79 Å². The molecule has 0 radical (unpaired) electrons. The molecule has 0 aliphatic rings. The lowest BCUT2D eigenvalue weighted by Crippen LogP contribution is -2.23. The first-order valence-electron chi connectivity index (χ1n) is 5.94. The van der Waals surface area contributed by atoms with Gasteiger partial charge in [0.1, 0.15) is 6.26 Å².